The van der Waals surface area contributed by atoms with Crippen molar-refractivity contribution >= 4 is 44.3 Å². The van der Waals surface area contributed by atoms with Crippen molar-refractivity contribution in [3.63, 3.8) is 0 Å². The smallest absolute Gasteiger partial charge is 0.431 e. The van der Waals surface area contributed by atoms with Crippen LogP contribution in [0.4, 0.5) is 43.9 Å². The molecule has 0 aliphatic carbocycles. The summed E-state index contributed by atoms with van der Waals surface area (Å²) in [7, 11) is 0. The van der Waals surface area contributed by atoms with Gasteiger partial charge in [0.15, 0.2) is 34.9 Å². The van der Waals surface area contributed by atoms with Gasteiger partial charge in [0.25, 0.3) is 0 Å². The second kappa shape index (κ2) is 10.3. The van der Waals surface area contributed by atoms with Gasteiger partial charge in [0.05, 0.1) is 16.7 Å². The van der Waals surface area contributed by atoms with E-state index in [4.69, 9.17) is 0 Å². The first kappa shape index (κ1) is 30.6. The highest BCUT2D eigenvalue weighted by Crippen LogP contribution is 2.49. The number of ether oxygens (including phenoxy) is 1. The molecule has 4 nitrogen and oxygen atoms in total. The lowest BCUT2D eigenvalue weighted by Crippen LogP contribution is -2.30. The lowest BCUT2D eigenvalue weighted by Gasteiger charge is -2.27. The van der Waals surface area contributed by atoms with Gasteiger partial charge in [0.2, 0.25) is 0 Å². The molecular formula is C32H12F10O4. The van der Waals surface area contributed by atoms with Crippen LogP contribution in [0.15, 0.2) is 66.7 Å². The van der Waals surface area contributed by atoms with E-state index in [1.807, 2.05) is 0 Å². The summed E-state index contributed by atoms with van der Waals surface area (Å²) in [6, 6.07) is 9.49. The number of carboxylic acid groups (broad SMARTS) is 1. The monoisotopic (exact) mass is 650 g/mol. The molecule has 6 aromatic rings. The number of rotatable bonds is 6. The Bertz CT molecular complexity index is 2250. The van der Waals surface area contributed by atoms with Crippen molar-refractivity contribution < 1.29 is 63.3 Å². The van der Waals surface area contributed by atoms with E-state index in [0.717, 1.165) is 12.1 Å². The highest BCUT2D eigenvalue weighted by atomic mass is 19.3. The highest BCUT2D eigenvalue weighted by Gasteiger charge is 2.48. The molecule has 0 bridgehead atoms. The molecule has 0 heterocycles. The highest BCUT2D eigenvalue weighted by molar-refractivity contribution is 6.29. The maximum absolute atomic E-state index is 16.5. The molecule has 0 radical (unpaired) electrons. The van der Waals surface area contributed by atoms with Crippen LogP contribution in [0.1, 0.15) is 37.4 Å². The number of hydrogen-bond acceptors (Lipinski definition) is 3. The summed E-state index contributed by atoms with van der Waals surface area (Å²) >= 11 is 0. The standard InChI is InChI=1S/C32H12F10O4/c33-18-10-8-16(25(35)27(18)37)31(39,40)24-15-7-5-13-3-1-2-12-4-6-14(21(15)20(12)13)22(29(43)44)23(24)30(45)46-32(41,42)17-9-11-19(34)28(38)26(17)36/h1-11H,(H,43,44). The summed E-state index contributed by atoms with van der Waals surface area (Å²) in [6.07, 6.45) is -5.23. The van der Waals surface area contributed by atoms with Crippen molar-refractivity contribution in [3.8, 4) is 0 Å². The molecule has 0 fully saturated rings. The van der Waals surface area contributed by atoms with E-state index in [1.165, 1.54) is 24.3 Å². The summed E-state index contributed by atoms with van der Waals surface area (Å²) in [5.74, 6) is -23.2. The molecule has 6 rings (SSSR count). The van der Waals surface area contributed by atoms with Gasteiger partial charge < -0.3 is 9.84 Å². The normalized spacial score (nSPS) is 12.4. The molecular weight excluding hydrogens is 638 g/mol. The van der Waals surface area contributed by atoms with Gasteiger partial charge in [-0.3, -0.25) is 0 Å². The van der Waals surface area contributed by atoms with E-state index < -0.39 is 97.5 Å². The molecule has 0 saturated carbocycles. The Morgan fingerprint density at radius 1 is 0.587 bits per heavy atom. The Morgan fingerprint density at radius 2 is 1.11 bits per heavy atom. The van der Waals surface area contributed by atoms with Crippen LogP contribution in [0.3, 0.4) is 0 Å². The van der Waals surface area contributed by atoms with Gasteiger partial charge in [-0.1, -0.05) is 42.5 Å². The fourth-order valence-corrected chi connectivity index (χ4v) is 5.52. The van der Waals surface area contributed by atoms with Gasteiger partial charge in [-0.2, -0.15) is 17.6 Å². The van der Waals surface area contributed by atoms with Crippen molar-refractivity contribution in [1.29, 1.82) is 0 Å². The molecule has 14 heteroatoms. The van der Waals surface area contributed by atoms with Gasteiger partial charge in [0, 0.05) is 5.56 Å². The summed E-state index contributed by atoms with van der Waals surface area (Å²) < 4.78 is 152. The second-order valence-electron chi connectivity index (χ2n) is 10.0. The predicted molar refractivity (Wildman–Crippen MR) is 142 cm³/mol. The van der Waals surface area contributed by atoms with Crippen LogP contribution in [0.2, 0.25) is 0 Å². The first-order valence-electron chi connectivity index (χ1n) is 12.8. The SMILES string of the molecule is O=C(OC(F)(F)c1ccc(F)c(F)c1F)c1c(C(=O)O)c2ccc3cccc4ccc(c1C(F)(F)c1ccc(F)c(F)c1F)c2c34. The molecule has 0 saturated heterocycles. The Balaban J connectivity index is 1.73. The predicted octanol–water partition coefficient (Wildman–Crippen LogP) is 9.16. The third-order valence-electron chi connectivity index (χ3n) is 7.49. The first-order chi connectivity index (χ1) is 21.6. The second-order valence-corrected chi connectivity index (χ2v) is 10.0. The van der Waals surface area contributed by atoms with Gasteiger partial charge in [-0.15, -0.1) is 0 Å². The van der Waals surface area contributed by atoms with E-state index in [9.17, 15) is 41.0 Å². The fraction of sp³-hybridized carbons (Fsp3) is 0.0625. The molecule has 0 aliphatic heterocycles. The maximum atomic E-state index is 16.5. The Kier molecular flexibility index (Phi) is 6.87. The number of alkyl halides is 4. The zero-order chi connectivity index (χ0) is 33.5. The molecule has 234 valence electrons. The minimum atomic E-state index is -5.23. The first-order valence-corrected chi connectivity index (χ1v) is 12.8. The molecule has 0 amide bonds. The number of carbonyl (C=O) groups excluding carboxylic acids is 1. The van der Waals surface area contributed by atoms with Gasteiger partial charge in [-0.25, -0.2) is 35.9 Å². The number of aromatic carboxylic acids is 1. The molecule has 6 aromatic carbocycles. The number of carboxylic acids is 1. The van der Waals surface area contributed by atoms with E-state index in [-0.39, 0.29) is 35.0 Å². The Hall–Kier alpha value is -5.40. The molecule has 0 spiro atoms. The van der Waals surface area contributed by atoms with E-state index >= 15 is 17.6 Å². The topological polar surface area (TPSA) is 63.6 Å². The van der Waals surface area contributed by atoms with Gasteiger partial charge in [-0.05, 0) is 56.6 Å². The van der Waals surface area contributed by atoms with Crippen molar-refractivity contribution in [2.24, 2.45) is 0 Å². The zero-order valence-corrected chi connectivity index (χ0v) is 22.3. The average Bonchev–Trinajstić information content (AvgIpc) is 2.99. The Morgan fingerprint density at radius 3 is 1.67 bits per heavy atom. The third kappa shape index (κ3) is 4.38. The average molecular weight is 650 g/mol. The largest absolute Gasteiger partial charge is 0.478 e. The zero-order valence-electron chi connectivity index (χ0n) is 22.3. The number of hydrogen-bond donors (Lipinski definition) is 1. The Labute approximate surface area is 249 Å². The minimum Gasteiger partial charge on any atom is -0.478 e. The number of halogens is 10. The fourth-order valence-electron chi connectivity index (χ4n) is 5.52. The van der Waals surface area contributed by atoms with Gasteiger partial charge >= 0.3 is 24.0 Å². The van der Waals surface area contributed by atoms with E-state index in [1.54, 1.807) is 6.07 Å². The molecule has 1 N–H and O–H groups in total. The van der Waals surface area contributed by atoms with Crippen LogP contribution in [0.25, 0.3) is 32.3 Å². The van der Waals surface area contributed by atoms with Crippen LogP contribution >= 0.6 is 0 Å². The molecule has 0 unspecified atom stereocenters. The van der Waals surface area contributed by atoms with Crippen molar-refractivity contribution in [2.45, 2.75) is 12.0 Å². The van der Waals surface area contributed by atoms with E-state index in [2.05, 4.69) is 4.74 Å². The summed E-state index contributed by atoms with van der Waals surface area (Å²) in [4.78, 5) is 26.1. The number of esters is 1. The van der Waals surface area contributed by atoms with Crippen LogP contribution in [-0.4, -0.2) is 17.0 Å². The van der Waals surface area contributed by atoms with Crippen LogP contribution in [0, 0.1) is 34.9 Å². The maximum Gasteiger partial charge on any atom is 0.431 e. The molecule has 0 atom stereocenters. The summed E-state index contributed by atoms with van der Waals surface area (Å²) in [6.45, 7) is 0. The van der Waals surface area contributed by atoms with Crippen LogP contribution in [0.5, 0.6) is 0 Å². The van der Waals surface area contributed by atoms with Crippen molar-refractivity contribution in [2.75, 3.05) is 0 Å². The third-order valence-corrected chi connectivity index (χ3v) is 7.49. The van der Waals surface area contributed by atoms with Crippen molar-refractivity contribution in [3.05, 3.63) is 129 Å². The quantitative estimate of drug-likeness (QED) is 0.0846. The lowest BCUT2D eigenvalue weighted by atomic mass is 9.82. The minimum absolute atomic E-state index is 0.00806. The summed E-state index contributed by atoms with van der Waals surface area (Å²) in [5, 5.41) is 9.70. The number of benzene rings is 6. The molecule has 46 heavy (non-hydrogen) atoms. The van der Waals surface area contributed by atoms with Crippen LogP contribution < -0.4 is 0 Å². The summed E-state index contributed by atoms with van der Waals surface area (Å²) in [5.41, 5.74) is -8.88. The number of carbonyl (C=O) groups is 2. The lowest BCUT2D eigenvalue weighted by molar-refractivity contribution is -0.212. The molecule has 0 aromatic heterocycles. The molecule has 0 aliphatic rings. The van der Waals surface area contributed by atoms with E-state index in [0.29, 0.717) is 10.8 Å². The van der Waals surface area contributed by atoms with Gasteiger partial charge in [0.1, 0.15) is 5.56 Å². The van der Waals surface area contributed by atoms with Crippen LogP contribution in [-0.2, 0) is 16.8 Å². The van der Waals surface area contributed by atoms with Crippen molar-refractivity contribution in [1.82, 2.24) is 0 Å².